The van der Waals surface area contributed by atoms with Crippen LogP contribution in [0.2, 0.25) is 0 Å². The first-order valence-corrected chi connectivity index (χ1v) is 7.70. The van der Waals surface area contributed by atoms with Gasteiger partial charge in [-0.3, -0.25) is 4.21 Å². The molecule has 0 aromatic heterocycles. The number of anilines is 1. The third kappa shape index (κ3) is 4.53. The Morgan fingerprint density at radius 3 is 2.43 bits per heavy atom. The van der Waals surface area contributed by atoms with Gasteiger partial charge in [-0.1, -0.05) is 0 Å². The number of rotatable bonds is 6. The molecule has 0 fully saturated rings. The monoisotopic (exact) mass is 311 g/mol. The summed E-state index contributed by atoms with van der Waals surface area (Å²) in [5.41, 5.74) is 6.21. The molecule has 2 aromatic rings. The van der Waals surface area contributed by atoms with E-state index in [9.17, 15) is 13.0 Å². The molecule has 0 aliphatic heterocycles. The highest BCUT2D eigenvalue weighted by Crippen LogP contribution is 2.15. The zero-order chi connectivity index (χ0) is 15.2. The molecule has 0 spiro atoms. The van der Waals surface area contributed by atoms with E-state index in [-0.39, 0.29) is 4.90 Å². The number of benzene rings is 2. The largest absolute Gasteiger partial charge is 0.494 e. The zero-order valence-electron chi connectivity index (χ0n) is 11.2. The molecule has 21 heavy (non-hydrogen) atoms. The average Bonchev–Trinajstić information content (AvgIpc) is 2.48. The molecule has 3 nitrogen and oxygen atoms in total. The van der Waals surface area contributed by atoms with Crippen molar-refractivity contribution in [3.8, 4) is 5.75 Å². The van der Waals surface area contributed by atoms with Gasteiger partial charge in [0.15, 0.2) is 11.6 Å². The summed E-state index contributed by atoms with van der Waals surface area (Å²) in [5.74, 6) is -0.927. The van der Waals surface area contributed by atoms with Gasteiger partial charge in [0, 0.05) is 16.3 Å². The van der Waals surface area contributed by atoms with Crippen LogP contribution in [0, 0.1) is 11.6 Å². The highest BCUT2D eigenvalue weighted by molar-refractivity contribution is 7.85. The topological polar surface area (TPSA) is 52.3 Å². The predicted molar refractivity (Wildman–Crippen MR) is 78.6 cm³/mol. The van der Waals surface area contributed by atoms with Gasteiger partial charge >= 0.3 is 0 Å². The van der Waals surface area contributed by atoms with Gasteiger partial charge in [-0.25, -0.2) is 8.78 Å². The molecule has 1 atom stereocenters. The first-order valence-electron chi connectivity index (χ1n) is 6.38. The first-order chi connectivity index (χ1) is 10.1. The lowest BCUT2D eigenvalue weighted by molar-refractivity contribution is 0.318. The molecule has 0 saturated heterocycles. The number of ether oxygens (including phenoxy) is 1. The second-order valence-electron chi connectivity index (χ2n) is 4.40. The van der Waals surface area contributed by atoms with Crippen molar-refractivity contribution < 1.29 is 17.7 Å². The molecule has 2 N–H and O–H groups in total. The highest BCUT2D eigenvalue weighted by Gasteiger charge is 2.08. The Bertz CT molecular complexity index is 632. The van der Waals surface area contributed by atoms with E-state index in [1.807, 2.05) is 0 Å². The summed E-state index contributed by atoms with van der Waals surface area (Å²) in [4.78, 5) is 0.279. The number of nitrogens with two attached hydrogens (primary N) is 1. The number of hydrogen-bond donors (Lipinski definition) is 1. The SMILES string of the molecule is Nc1ccc(OCCCS(=O)c2ccc(F)c(F)c2)cc1. The second-order valence-corrected chi connectivity index (χ2v) is 5.97. The van der Waals surface area contributed by atoms with Crippen LogP contribution in [-0.4, -0.2) is 16.6 Å². The molecule has 0 amide bonds. The predicted octanol–water partition coefficient (Wildman–Crippen LogP) is 3.12. The molecule has 0 heterocycles. The Hall–Kier alpha value is -1.95. The van der Waals surface area contributed by atoms with Crippen LogP contribution in [-0.2, 0) is 10.8 Å². The molecule has 0 saturated carbocycles. The Kier molecular flexibility index (Phi) is 5.27. The van der Waals surface area contributed by atoms with Crippen LogP contribution in [0.3, 0.4) is 0 Å². The van der Waals surface area contributed by atoms with Crippen molar-refractivity contribution >= 4 is 16.5 Å². The number of hydrogen-bond acceptors (Lipinski definition) is 3. The normalized spacial score (nSPS) is 12.1. The van der Waals surface area contributed by atoms with E-state index in [1.165, 1.54) is 6.07 Å². The van der Waals surface area contributed by atoms with Crippen molar-refractivity contribution in [1.29, 1.82) is 0 Å². The lowest BCUT2D eigenvalue weighted by atomic mass is 10.3. The fourth-order valence-electron chi connectivity index (χ4n) is 1.68. The molecule has 1 unspecified atom stereocenters. The minimum Gasteiger partial charge on any atom is -0.494 e. The maximum absolute atomic E-state index is 13.0. The molecule has 2 aromatic carbocycles. The van der Waals surface area contributed by atoms with Gasteiger partial charge in [-0.2, -0.15) is 0 Å². The van der Waals surface area contributed by atoms with Crippen molar-refractivity contribution in [3.63, 3.8) is 0 Å². The van der Waals surface area contributed by atoms with E-state index in [0.29, 0.717) is 30.2 Å². The minimum absolute atomic E-state index is 0.279. The quantitative estimate of drug-likeness (QED) is 0.659. The van der Waals surface area contributed by atoms with Gasteiger partial charge in [-0.05, 0) is 48.9 Å². The van der Waals surface area contributed by atoms with Crippen molar-refractivity contribution in [2.45, 2.75) is 11.3 Å². The fourth-order valence-corrected chi connectivity index (χ4v) is 2.75. The Labute approximate surface area is 124 Å². The van der Waals surface area contributed by atoms with Gasteiger partial charge in [0.25, 0.3) is 0 Å². The first kappa shape index (κ1) is 15.4. The van der Waals surface area contributed by atoms with Crippen LogP contribution in [0.25, 0.3) is 0 Å². The van der Waals surface area contributed by atoms with E-state index < -0.39 is 22.4 Å². The lowest BCUT2D eigenvalue weighted by Crippen LogP contribution is -2.05. The van der Waals surface area contributed by atoms with Gasteiger partial charge in [0.2, 0.25) is 0 Å². The summed E-state index contributed by atoms with van der Waals surface area (Å²) >= 11 is 0. The van der Waals surface area contributed by atoms with E-state index in [1.54, 1.807) is 24.3 Å². The molecule has 0 radical (unpaired) electrons. The van der Waals surface area contributed by atoms with Gasteiger partial charge in [-0.15, -0.1) is 0 Å². The highest BCUT2D eigenvalue weighted by atomic mass is 32.2. The standard InChI is InChI=1S/C15H15F2NO2S/c16-14-7-6-13(10-15(14)17)21(19)9-1-8-20-12-4-2-11(18)3-5-12/h2-7,10H,1,8-9,18H2. The van der Waals surface area contributed by atoms with Crippen molar-refractivity contribution in [3.05, 3.63) is 54.1 Å². The Morgan fingerprint density at radius 2 is 1.76 bits per heavy atom. The lowest BCUT2D eigenvalue weighted by Gasteiger charge is -2.06. The molecule has 0 aliphatic carbocycles. The van der Waals surface area contributed by atoms with E-state index in [2.05, 4.69) is 0 Å². The summed E-state index contributed by atoms with van der Waals surface area (Å²) in [5, 5.41) is 0. The van der Waals surface area contributed by atoms with Crippen LogP contribution in [0.4, 0.5) is 14.5 Å². The zero-order valence-corrected chi connectivity index (χ0v) is 12.0. The van der Waals surface area contributed by atoms with Crippen LogP contribution < -0.4 is 10.5 Å². The van der Waals surface area contributed by atoms with E-state index >= 15 is 0 Å². The summed E-state index contributed by atoms with van der Waals surface area (Å²) in [7, 11) is -1.37. The van der Waals surface area contributed by atoms with Crippen LogP contribution >= 0.6 is 0 Å². The maximum Gasteiger partial charge on any atom is 0.160 e. The summed E-state index contributed by atoms with van der Waals surface area (Å²) in [6.45, 7) is 0.388. The van der Waals surface area contributed by atoms with Crippen molar-refractivity contribution in [1.82, 2.24) is 0 Å². The molecule has 112 valence electrons. The molecule has 2 rings (SSSR count). The minimum atomic E-state index is -1.37. The third-order valence-corrected chi connectivity index (χ3v) is 4.22. The molecule has 6 heteroatoms. The second kappa shape index (κ2) is 7.17. The van der Waals surface area contributed by atoms with E-state index in [0.717, 1.165) is 12.1 Å². The van der Waals surface area contributed by atoms with Gasteiger partial charge in [0.1, 0.15) is 5.75 Å². The van der Waals surface area contributed by atoms with Gasteiger partial charge in [0.05, 0.1) is 17.4 Å². The summed E-state index contributed by atoms with van der Waals surface area (Å²) in [6.07, 6.45) is 0.538. The Morgan fingerprint density at radius 1 is 1.05 bits per heavy atom. The van der Waals surface area contributed by atoms with Crippen LogP contribution in [0.1, 0.15) is 6.42 Å². The molecule has 0 aliphatic rings. The molecular formula is C15H15F2NO2S. The molecule has 0 bridgehead atoms. The fraction of sp³-hybridized carbons (Fsp3) is 0.200. The van der Waals surface area contributed by atoms with E-state index in [4.69, 9.17) is 10.5 Å². The summed E-state index contributed by atoms with van der Waals surface area (Å²) < 4.78 is 43.2. The number of nitrogen functional groups attached to an aromatic ring is 1. The summed E-state index contributed by atoms with van der Waals surface area (Å²) in [6, 6.07) is 10.2. The van der Waals surface area contributed by atoms with Gasteiger partial charge < -0.3 is 10.5 Å². The number of halogens is 2. The molecular weight excluding hydrogens is 296 g/mol. The smallest absolute Gasteiger partial charge is 0.160 e. The average molecular weight is 311 g/mol. The third-order valence-electron chi connectivity index (χ3n) is 2.78. The van der Waals surface area contributed by atoms with Crippen molar-refractivity contribution in [2.24, 2.45) is 0 Å². The maximum atomic E-state index is 13.0. The van der Waals surface area contributed by atoms with Crippen LogP contribution in [0.15, 0.2) is 47.4 Å². The van der Waals surface area contributed by atoms with Crippen molar-refractivity contribution in [2.75, 3.05) is 18.1 Å². The van der Waals surface area contributed by atoms with Crippen LogP contribution in [0.5, 0.6) is 5.75 Å². The Balaban J connectivity index is 1.79.